The van der Waals surface area contributed by atoms with Crippen LogP contribution in [0.3, 0.4) is 0 Å². The third-order valence-corrected chi connectivity index (χ3v) is 2.98. The van der Waals surface area contributed by atoms with E-state index in [4.69, 9.17) is 4.74 Å². The highest BCUT2D eigenvalue weighted by Crippen LogP contribution is 2.23. The van der Waals surface area contributed by atoms with E-state index in [0.717, 1.165) is 11.3 Å². The number of hydrogen-bond donors (Lipinski definition) is 0. The topological polar surface area (TPSA) is 31.2 Å². The molecule has 0 bridgehead atoms. The monoisotopic (exact) mass is 221 g/mol. The summed E-state index contributed by atoms with van der Waals surface area (Å²) >= 11 is 1.37. The van der Waals surface area contributed by atoms with Gasteiger partial charge in [-0.25, -0.2) is 3.96 Å². The molecule has 1 aromatic heterocycles. The molecule has 0 unspecified atom stereocenters. The number of ether oxygens (including phenoxy) is 1. The summed E-state index contributed by atoms with van der Waals surface area (Å²) in [6.45, 7) is 1.99. The first-order chi connectivity index (χ1) is 7.22. The fourth-order valence-corrected chi connectivity index (χ4v) is 2.12. The Morgan fingerprint density at radius 2 is 2.13 bits per heavy atom. The van der Waals surface area contributed by atoms with Gasteiger partial charge in [0.2, 0.25) is 0 Å². The fourth-order valence-electron chi connectivity index (χ4n) is 1.40. The van der Waals surface area contributed by atoms with Gasteiger partial charge in [0.15, 0.2) is 0 Å². The summed E-state index contributed by atoms with van der Waals surface area (Å²) in [6.07, 6.45) is 0. The zero-order valence-electron chi connectivity index (χ0n) is 8.56. The molecule has 0 N–H and O–H groups in total. The Hall–Kier alpha value is -1.55. The van der Waals surface area contributed by atoms with Crippen LogP contribution in [0.5, 0.6) is 5.75 Å². The van der Waals surface area contributed by atoms with Gasteiger partial charge in [-0.1, -0.05) is 17.6 Å². The van der Waals surface area contributed by atoms with Crippen molar-refractivity contribution in [3.63, 3.8) is 0 Å². The van der Waals surface area contributed by atoms with Crippen LogP contribution < -0.4 is 10.3 Å². The number of aromatic nitrogens is 1. The van der Waals surface area contributed by atoms with Crippen molar-refractivity contribution >= 4 is 11.5 Å². The van der Waals surface area contributed by atoms with Gasteiger partial charge in [-0.3, -0.25) is 4.79 Å². The van der Waals surface area contributed by atoms with Crippen LogP contribution in [0.4, 0.5) is 0 Å². The van der Waals surface area contributed by atoms with E-state index < -0.39 is 0 Å². The molecule has 4 heteroatoms. The zero-order valence-corrected chi connectivity index (χ0v) is 9.38. The Labute approximate surface area is 91.7 Å². The summed E-state index contributed by atoms with van der Waals surface area (Å²) in [5, 5.41) is 1.77. The maximum absolute atomic E-state index is 11.5. The van der Waals surface area contributed by atoms with Crippen LogP contribution >= 0.6 is 11.5 Å². The maximum atomic E-state index is 11.5. The molecule has 0 spiro atoms. The minimum absolute atomic E-state index is 0.0242. The summed E-state index contributed by atoms with van der Waals surface area (Å²) < 4.78 is 6.84. The van der Waals surface area contributed by atoms with Gasteiger partial charge in [0.1, 0.15) is 11.4 Å². The second-order valence-electron chi connectivity index (χ2n) is 3.22. The molecule has 0 aliphatic heterocycles. The lowest BCUT2D eigenvalue weighted by Crippen LogP contribution is -2.10. The lowest BCUT2D eigenvalue weighted by Gasteiger charge is -2.08. The van der Waals surface area contributed by atoms with E-state index >= 15 is 0 Å². The number of aryl methyl sites for hydroxylation is 1. The van der Waals surface area contributed by atoms with Gasteiger partial charge < -0.3 is 4.74 Å². The molecule has 1 aromatic carbocycles. The molecule has 2 aromatic rings. The number of nitrogens with zero attached hydrogens (tertiary/aromatic N) is 1. The van der Waals surface area contributed by atoms with Gasteiger partial charge in [0, 0.05) is 11.4 Å². The van der Waals surface area contributed by atoms with Gasteiger partial charge >= 0.3 is 0 Å². The van der Waals surface area contributed by atoms with Gasteiger partial charge in [-0.05, 0) is 24.6 Å². The highest BCUT2D eigenvalue weighted by Gasteiger charge is 2.07. The molecule has 15 heavy (non-hydrogen) atoms. The minimum Gasteiger partial charge on any atom is -0.495 e. The molecular formula is C11H11NO2S. The van der Waals surface area contributed by atoms with E-state index in [1.165, 1.54) is 11.5 Å². The molecule has 0 saturated carbocycles. The van der Waals surface area contributed by atoms with E-state index in [0.29, 0.717) is 5.75 Å². The van der Waals surface area contributed by atoms with E-state index in [1.54, 1.807) is 22.5 Å². The average molecular weight is 221 g/mol. The van der Waals surface area contributed by atoms with Crippen molar-refractivity contribution in [2.75, 3.05) is 7.11 Å². The Bertz CT molecular complexity index is 527. The number of hydrogen-bond acceptors (Lipinski definition) is 3. The van der Waals surface area contributed by atoms with Crippen molar-refractivity contribution in [3.05, 3.63) is 45.6 Å². The molecule has 0 aliphatic carbocycles. The largest absolute Gasteiger partial charge is 0.495 e. The summed E-state index contributed by atoms with van der Waals surface area (Å²) in [7, 11) is 1.60. The van der Waals surface area contributed by atoms with Crippen LogP contribution in [0.15, 0.2) is 34.4 Å². The Morgan fingerprint density at radius 1 is 1.33 bits per heavy atom. The van der Waals surface area contributed by atoms with Crippen molar-refractivity contribution in [2.24, 2.45) is 0 Å². The van der Waals surface area contributed by atoms with Crippen molar-refractivity contribution in [1.29, 1.82) is 0 Å². The molecule has 78 valence electrons. The Morgan fingerprint density at radius 3 is 2.73 bits per heavy atom. The zero-order chi connectivity index (χ0) is 10.8. The smallest absolute Gasteiger partial charge is 0.265 e. The third kappa shape index (κ3) is 1.80. The van der Waals surface area contributed by atoms with Crippen LogP contribution in [0.1, 0.15) is 5.56 Å². The van der Waals surface area contributed by atoms with E-state index in [9.17, 15) is 4.79 Å². The molecule has 0 saturated heterocycles. The predicted molar refractivity (Wildman–Crippen MR) is 61.2 cm³/mol. The molecule has 0 fully saturated rings. The van der Waals surface area contributed by atoms with Crippen LogP contribution in [0.25, 0.3) is 5.69 Å². The summed E-state index contributed by atoms with van der Waals surface area (Å²) in [4.78, 5) is 11.5. The van der Waals surface area contributed by atoms with Crippen LogP contribution in [-0.2, 0) is 0 Å². The summed E-state index contributed by atoms with van der Waals surface area (Å²) in [6, 6.07) is 7.32. The normalized spacial score (nSPS) is 10.3. The molecule has 1 heterocycles. The fraction of sp³-hybridized carbons (Fsp3) is 0.182. The van der Waals surface area contributed by atoms with Crippen LogP contribution in [-0.4, -0.2) is 11.1 Å². The quantitative estimate of drug-likeness (QED) is 0.778. The second-order valence-corrected chi connectivity index (χ2v) is 4.06. The highest BCUT2D eigenvalue weighted by atomic mass is 32.1. The SMILES string of the molecule is COc1ccc(C)cc1-n1sccc1=O. The summed E-state index contributed by atoms with van der Waals surface area (Å²) in [5.41, 5.74) is 1.88. The number of methoxy groups -OCH3 is 1. The average Bonchev–Trinajstić information content (AvgIpc) is 2.64. The Balaban J connectivity index is 2.66. The molecule has 0 atom stereocenters. The first kappa shape index (κ1) is 9.98. The lowest BCUT2D eigenvalue weighted by molar-refractivity contribution is 0.413. The second kappa shape index (κ2) is 3.90. The van der Waals surface area contributed by atoms with Gasteiger partial charge in [-0.2, -0.15) is 0 Å². The predicted octanol–water partition coefficient (Wildman–Crippen LogP) is 2.22. The van der Waals surface area contributed by atoms with Crippen LogP contribution in [0, 0.1) is 6.92 Å². The third-order valence-electron chi connectivity index (χ3n) is 2.13. The molecule has 2 rings (SSSR count). The number of rotatable bonds is 2. The van der Waals surface area contributed by atoms with Crippen molar-refractivity contribution < 1.29 is 4.74 Å². The highest BCUT2D eigenvalue weighted by molar-refractivity contribution is 7.04. The van der Waals surface area contributed by atoms with E-state index in [-0.39, 0.29) is 5.56 Å². The minimum atomic E-state index is -0.0242. The van der Waals surface area contributed by atoms with Gasteiger partial charge in [-0.15, -0.1) is 0 Å². The summed E-state index contributed by atoms with van der Waals surface area (Å²) in [5.74, 6) is 0.713. The Kier molecular flexibility index (Phi) is 2.60. The lowest BCUT2D eigenvalue weighted by atomic mass is 10.2. The van der Waals surface area contributed by atoms with E-state index in [2.05, 4.69) is 0 Å². The van der Waals surface area contributed by atoms with Gasteiger partial charge in [0.05, 0.1) is 7.11 Å². The maximum Gasteiger partial charge on any atom is 0.265 e. The van der Waals surface area contributed by atoms with Crippen molar-refractivity contribution in [3.8, 4) is 11.4 Å². The van der Waals surface area contributed by atoms with Crippen LogP contribution in [0.2, 0.25) is 0 Å². The molecule has 0 radical (unpaired) electrons. The van der Waals surface area contributed by atoms with Gasteiger partial charge in [0.25, 0.3) is 5.56 Å². The standard InChI is InChI=1S/C11H11NO2S/c1-8-3-4-10(14-2)9(7-8)12-11(13)5-6-15-12/h3-7H,1-2H3. The molecule has 0 amide bonds. The molecule has 3 nitrogen and oxygen atoms in total. The van der Waals surface area contributed by atoms with Crippen molar-refractivity contribution in [2.45, 2.75) is 6.92 Å². The first-order valence-electron chi connectivity index (χ1n) is 4.54. The first-order valence-corrected chi connectivity index (χ1v) is 5.38. The molecule has 0 aliphatic rings. The van der Waals surface area contributed by atoms with Crippen molar-refractivity contribution in [1.82, 2.24) is 3.96 Å². The van der Waals surface area contributed by atoms with E-state index in [1.807, 2.05) is 25.1 Å². The molecular weight excluding hydrogens is 210 g/mol. The number of benzene rings is 1.